The molecule has 0 spiro atoms. The average Bonchev–Trinajstić information content (AvgIpc) is 2.09. The molecule has 0 unspecified atom stereocenters. The Balaban J connectivity index is 1.84. The largest absolute Gasteiger partial charge is 0.266 e. The summed E-state index contributed by atoms with van der Waals surface area (Å²) in [5.74, 6) is 3.16. The molecule has 0 aromatic heterocycles. The van der Waals surface area contributed by atoms with Crippen LogP contribution in [0, 0.1) is 29.6 Å². The van der Waals surface area contributed by atoms with Crippen molar-refractivity contribution in [2.24, 2.45) is 29.6 Å². The van der Waals surface area contributed by atoms with Crippen LogP contribution in [-0.4, -0.2) is 0 Å². The van der Waals surface area contributed by atoms with E-state index in [1.807, 2.05) is 0 Å². The van der Waals surface area contributed by atoms with E-state index in [9.17, 15) is 8.78 Å². The lowest BCUT2D eigenvalue weighted by molar-refractivity contribution is -0.0175. The van der Waals surface area contributed by atoms with Crippen LogP contribution in [-0.2, 0) is 0 Å². The Kier molecular flexibility index (Phi) is 1.93. The van der Waals surface area contributed by atoms with Crippen LogP contribution in [0.15, 0.2) is 12.2 Å². The number of allylic oxidation sites excluding steroid dienone is 1. The van der Waals surface area contributed by atoms with Gasteiger partial charge in [0.1, 0.15) is 0 Å². The molecule has 2 heteroatoms. The highest BCUT2D eigenvalue weighted by atomic mass is 19.3. The summed E-state index contributed by atoms with van der Waals surface area (Å²) in [6.07, 6.45) is 6.09. The molecule has 0 aromatic rings. The lowest BCUT2D eigenvalue weighted by Gasteiger charge is -2.53. The summed E-state index contributed by atoms with van der Waals surface area (Å²) >= 11 is 0. The van der Waals surface area contributed by atoms with Crippen molar-refractivity contribution in [3.05, 3.63) is 12.2 Å². The monoisotopic (exact) mass is 198 g/mol. The summed E-state index contributed by atoms with van der Waals surface area (Å²) in [7, 11) is 0. The number of rotatable bonds is 1. The van der Waals surface area contributed by atoms with Gasteiger partial charge in [-0.3, -0.25) is 0 Å². The Morgan fingerprint density at radius 1 is 0.857 bits per heavy atom. The van der Waals surface area contributed by atoms with Gasteiger partial charge in [-0.15, -0.1) is 0 Å². The first-order valence-corrected chi connectivity index (χ1v) is 5.75. The Morgan fingerprint density at radius 3 is 1.79 bits per heavy atom. The normalized spacial score (nSPS) is 49.4. The molecular formula is C12H16F2. The molecule has 0 saturated heterocycles. The fraction of sp³-hybridized carbons (Fsp3) is 0.833. The second kappa shape index (κ2) is 3.04. The molecule has 14 heavy (non-hydrogen) atoms. The van der Waals surface area contributed by atoms with E-state index >= 15 is 0 Å². The van der Waals surface area contributed by atoms with Crippen molar-refractivity contribution in [1.29, 1.82) is 0 Å². The number of halogens is 2. The second-order valence-electron chi connectivity index (χ2n) is 5.46. The molecule has 0 N–H and O–H groups in total. The zero-order valence-electron chi connectivity index (χ0n) is 8.26. The van der Waals surface area contributed by atoms with E-state index in [1.54, 1.807) is 0 Å². The van der Waals surface area contributed by atoms with Gasteiger partial charge in [-0.1, -0.05) is 0 Å². The van der Waals surface area contributed by atoms with E-state index in [0.717, 1.165) is 11.8 Å². The summed E-state index contributed by atoms with van der Waals surface area (Å²) in [4.78, 5) is 0. The summed E-state index contributed by atoms with van der Waals surface area (Å²) in [5, 5.41) is 0. The van der Waals surface area contributed by atoms with Gasteiger partial charge in [0, 0.05) is 0 Å². The van der Waals surface area contributed by atoms with Gasteiger partial charge in [-0.2, -0.15) is 8.78 Å². The van der Waals surface area contributed by atoms with E-state index in [1.165, 1.54) is 38.2 Å². The molecule has 0 heterocycles. The molecule has 0 amide bonds. The fourth-order valence-corrected chi connectivity index (χ4v) is 4.38. The number of hydrogen-bond acceptors (Lipinski definition) is 0. The maximum absolute atomic E-state index is 12.3. The van der Waals surface area contributed by atoms with Gasteiger partial charge in [0.2, 0.25) is 0 Å². The van der Waals surface area contributed by atoms with Crippen LogP contribution in [0.3, 0.4) is 0 Å². The van der Waals surface area contributed by atoms with Crippen LogP contribution in [0.25, 0.3) is 0 Å². The predicted molar refractivity (Wildman–Crippen MR) is 50.8 cm³/mol. The zero-order chi connectivity index (χ0) is 9.71. The Morgan fingerprint density at radius 2 is 1.36 bits per heavy atom. The van der Waals surface area contributed by atoms with Gasteiger partial charge in [0.05, 0.1) is 0 Å². The van der Waals surface area contributed by atoms with E-state index in [2.05, 4.69) is 0 Å². The zero-order valence-corrected chi connectivity index (χ0v) is 8.26. The van der Waals surface area contributed by atoms with Crippen molar-refractivity contribution in [1.82, 2.24) is 0 Å². The first-order chi connectivity index (χ1) is 6.72. The third kappa shape index (κ3) is 1.31. The molecule has 0 aliphatic heterocycles. The van der Waals surface area contributed by atoms with Crippen LogP contribution in [0.1, 0.15) is 32.1 Å². The van der Waals surface area contributed by atoms with E-state index in [-0.39, 0.29) is 5.92 Å². The third-order valence-electron chi connectivity index (χ3n) is 4.62. The maximum Gasteiger partial charge on any atom is 0.266 e. The maximum atomic E-state index is 12.3. The SMILES string of the molecule is FC(F)=CC1C2CC3CC(C2)CC1C3. The molecule has 4 saturated carbocycles. The first-order valence-electron chi connectivity index (χ1n) is 5.75. The van der Waals surface area contributed by atoms with Gasteiger partial charge < -0.3 is 0 Å². The average molecular weight is 198 g/mol. The Labute approximate surface area is 83.4 Å². The summed E-state index contributed by atoms with van der Waals surface area (Å²) in [6.45, 7) is 0. The van der Waals surface area contributed by atoms with Gasteiger partial charge in [0.25, 0.3) is 6.08 Å². The molecular weight excluding hydrogens is 182 g/mol. The van der Waals surface area contributed by atoms with Crippen molar-refractivity contribution < 1.29 is 8.78 Å². The lowest BCUT2D eigenvalue weighted by atomic mass is 9.52. The highest BCUT2D eigenvalue weighted by molar-refractivity contribution is 5.05. The molecule has 78 valence electrons. The standard InChI is InChI=1S/C12H16F2/c13-12(14)6-11-9-2-7-1-8(4-9)5-10(11)3-7/h6-11H,1-5H2. The summed E-state index contributed by atoms with van der Waals surface area (Å²) in [5.41, 5.74) is 0. The highest BCUT2D eigenvalue weighted by Crippen LogP contribution is 2.57. The van der Waals surface area contributed by atoms with Crippen LogP contribution in [0.5, 0.6) is 0 Å². The smallest absolute Gasteiger partial charge is 0.174 e. The minimum atomic E-state index is -1.46. The number of hydrogen-bond donors (Lipinski definition) is 0. The lowest BCUT2D eigenvalue weighted by Crippen LogP contribution is -2.44. The molecule has 4 bridgehead atoms. The van der Waals surface area contributed by atoms with Gasteiger partial charge in [-0.05, 0) is 67.8 Å². The van der Waals surface area contributed by atoms with Crippen LogP contribution in [0.2, 0.25) is 0 Å². The molecule has 4 fully saturated rings. The van der Waals surface area contributed by atoms with E-state index in [0.29, 0.717) is 11.8 Å². The van der Waals surface area contributed by atoms with Crippen molar-refractivity contribution in [3.63, 3.8) is 0 Å². The predicted octanol–water partition coefficient (Wildman–Crippen LogP) is 3.84. The summed E-state index contributed by atoms with van der Waals surface area (Å²) < 4.78 is 24.6. The van der Waals surface area contributed by atoms with Crippen molar-refractivity contribution >= 4 is 0 Å². The van der Waals surface area contributed by atoms with E-state index in [4.69, 9.17) is 0 Å². The van der Waals surface area contributed by atoms with E-state index < -0.39 is 6.08 Å². The molecule has 4 rings (SSSR count). The topological polar surface area (TPSA) is 0 Å². The quantitative estimate of drug-likeness (QED) is 0.600. The van der Waals surface area contributed by atoms with Crippen molar-refractivity contribution in [2.45, 2.75) is 32.1 Å². The Hall–Kier alpha value is -0.400. The highest BCUT2D eigenvalue weighted by Gasteiger charge is 2.47. The molecule has 4 aliphatic rings. The second-order valence-corrected chi connectivity index (χ2v) is 5.46. The van der Waals surface area contributed by atoms with Crippen molar-refractivity contribution in [3.8, 4) is 0 Å². The van der Waals surface area contributed by atoms with Gasteiger partial charge in [0.15, 0.2) is 0 Å². The summed E-state index contributed by atoms with van der Waals surface area (Å²) in [6, 6.07) is 0. The minimum Gasteiger partial charge on any atom is -0.174 e. The van der Waals surface area contributed by atoms with Crippen LogP contribution in [0.4, 0.5) is 8.78 Å². The fourth-order valence-electron chi connectivity index (χ4n) is 4.38. The van der Waals surface area contributed by atoms with Crippen molar-refractivity contribution in [2.75, 3.05) is 0 Å². The van der Waals surface area contributed by atoms with Gasteiger partial charge >= 0.3 is 0 Å². The Bertz CT molecular complexity index is 237. The minimum absolute atomic E-state index is 0.216. The van der Waals surface area contributed by atoms with Crippen LogP contribution < -0.4 is 0 Å². The molecule has 4 aliphatic carbocycles. The molecule has 0 atom stereocenters. The molecule has 0 radical (unpaired) electrons. The van der Waals surface area contributed by atoms with Crippen LogP contribution >= 0.6 is 0 Å². The molecule has 0 aromatic carbocycles. The molecule has 0 nitrogen and oxygen atoms in total. The van der Waals surface area contributed by atoms with Gasteiger partial charge in [-0.25, -0.2) is 0 Å². The third-order valence-corrected chi connectivity index (χ3v) is 4.62. The first kappa shape index (κ1) is 8.87.